The molecule has 3 rings (SSSR count). The summed E-state index contributed by atoms with van der Waals surface area (Å²) in [5.74, 6) is 3.47. The molecule has 2 heterocycles. The van der Waals surface area contributed by atoms with Crippen molar-refractivity contribution in [2.24, 2.45) is 0 Å². The first-order chi connectivity index (χ1) is 10.8. The molecule has 0 amide bonds. The van der Waals surface area contributed by atoms with E-state index in [1.54, 1.807) is 7.11 Å². The Morgan fingerprint density at radius 3 is 3.14 bits per heavy atom. The largest absolute Gasteiger partial charge is 0.497 e. The van der Waals surface area contributed by atoms with Gasteiger partial charge in [0.25, 0.3) is 0 Å². The zero-order valence-corrected chi connectivity index (χ0v) is 13.8. The second-order valence-corrected chi connectivity index (χ2v) is 6.52. The van der Waals surface area contributed by atoms with Crippen LogP contribution in [0.5, 0.6) is 5.75 Å². The van der Waals surface area contributed by atoms with Crippen molar-refractivity contribution in [2.45, 2.75) is 37.1 Å². The minimum Gasteiger partial charge on any atom is -0.497 e. The number of thioether (sulfide) groups is 1. The minimum absolute atomic E-state index is 0.351. The van der Waals surface area contributed by atoms with E-state index in [0.717, 1.165) is 25.1 Å². The number of hydrogen-bond acceptors (Lipinski definition) is 6. The van der Waals surface area contributed by atoms with Crippen molar-refractivity contribution in [2.75, 3.05) is 19.4 Å². The number of aryl methyl sites for hydroxylation is 1. The molecular weight excluding hydrogens is 298 g/mol. The van der Waals surface area contributed by atoms with E-state index < -0.39 is 0 Å². The van der Waals surface area contributed by atoms with Crippen LogP contribution in [0.3, 0.4) is 0 Å². The molecule has 1 aromatic carbocycles. The molecule has 0 unspecified atom stereocenters. The van der Waals surface area contributed by atoms with Crippen LogP contribution in [0.4, 0.5) is 0 Å². The molecular formula is C16H21N3O2S. The Hall–Kier alpha value is -1.53. The molecule has 22 heavy (non-hydrogen) atoms. The molecule has 1 N–H and O–H groups in total. The summed E-state index contributed by atoms with van der Waals surface area (Å²) >= 11 is 1.93. The summed E-state index contributed by atoms with van der Waals surface area (Å²) in [6.45, 7) is 2.67. The van der Waals surface area contributed by atoms with Crippen LogP contribution in [-0.4, -0.2) is 29.5 Å². The second-order valence-electron chi connectivity index (χ2n) is 5.39. The van der Waals surface area contributed by atoms with Gasteiger partial charge in [0, 0.05) is 23.9 Å². The normalized spacial score (nSPS) is 17.8. The standard InChI is InChI=1S/C16H21N3O2S/c1-11-18-16(21-19-11)7-8-17-14-4-3-9-22-15-6-5-12(20-2)10-13(14)15/h5-6,10,14,17H,3-4,7-9H2,1-2H3/t14-/m1/s1. The summed E-state index contributed by atoms with van der Waals surface area (Å²) in [7, 11) is 1.71. The van der Waals surface area contributed by atoms with Gasteiger partial charge in [0.15, 0.2) is 5.82 Å². The van der Waals surface area contributed by atoms with Gasteiger partial charge < -0.3 is 14.6 Å². The Balaban J connectivity index is 1.68. The lowest BCUT2D eigenvalue weighted by atomic mass is 10.0. The molecule has 2 aromatic rings. The number of hydrogen-bond donors (Lipinski definition) is 1. The average molecular weight is 319 g/mol. The van der Waals surface area contributed by atoms with Crippen LogP contribution in [0.15, 0.2) is 27.6 Å². The molecule has 1 aromatic heterocycles. The van der Waals surface area contributed by atoms with Gasteiger partial charge in [-0.3, -0.25) is 0 Å². The van der Waals surface area contributed by atoms with Crippen LogP contribution >= 0.6 is 11.8 Å². The maximum atomic E-state index is 5.38. The summed E-state index contributed by atoms with van der Waals surface area (Å²) in [5, 5.41) is 7.45. The molecule has 6 heteroatoms. The third-order valence-electron chi connectivity index (χ3n) is 3.79. The summed E-state index contributed by atoms with van der Waals surface area (Å²) in [5.41, 5.74) is 1.34. The summed E-state index contributed by atoms with van der Waals surface area (Å²) in [6.07, 6.45) is 3.10. The van der Waals surface area contributed by atoms with Gasteiger partial charge in [-0.2, -0.15) is 4.98 Å². The lowest BCUT2D eigenvalue weighted by Crippen LogP contribution is -2.24. The highest BCUT2D eigenvalue weighted by molar-refractivity contribution is 7.99. The summed E-state index contributed by atoms with van der Waals surface area (Å²) < 4.78 is 10.5. The maximum absolute atomic E-state index is 5.38. The van der Waals surface area contributed by atoms with Crippen LogP contribution < -0.4 is 10.1 Å². The molecule has 0 saturated carbocycles. The molecule has 1 aliphatic heterocycles. The van der Waals surface area contributed by atoms with Gasteiger partial charge in [0.1, 0.15) is 5.75 Å². The molecule has 0 bridgehead atoms. The lowest BCUT2D eigenvalue weighted by Gasteiger charge is -2.19. The van der Waals surface area contributed by atoms with Crippen molar-refractivity contribution in [3.05, 3.63) is 35.5 Å². The van der Waals surface area contributed by atoms with Crippen molar-refractivity contribution in [3.8, 4) is 5.75 Å². The number of ether oxygens (including phenoxy) is 1. The van der Waals surface area contributed by atoms with Gasteiger partial charge in [-0.25, -0.2) is 0 Å². The first-order valence-electron chi connectivity index (χ1n) is 7.59. The molecule has 1 aliphatic rings. The first kappa shape index (κ1) is 15.4. The van der Waals surface area contributed by atoms with Crippen molar-refractivity contribution >= 4 is 11.8 Å². The van der Waals surface area contributed by atoms with Gasteiger partial charge in [0.2, 0.25) is 5.89 Å². The fourth-order valence-electron chi connectivity index (χ4n) is 2.69. The van der Waals surface area contributed by atoms with Crippen LogP contribution in [0.2, 0.25) is 0 Å². The second kappa shape index (κ2) is 7.15. The van der Waals surface area contributed by atoms with Crippen molar-refractivity contribution in [1.82, 2.24) is 15.5 Å². The summed E-state index contributed by atoms with van der Waals surface area (Å²) in [6, 6.07) is 6.71. The number of rotatable bonds is 5. The Labute approximate surface area is 134 Å². The van der Waals surface area contributed by atoms with Crippen LogP contribution in [-0.2, 0) is 6.42 Å². The van der Waals surface area contributed by atoms with Crippen molar-refractivity contribution in [1.29, 1.82) is 0 Å². The SMILES string of the molecule is COc1ccc2c(c1)[C@H](NCCc1nc(C)no1)CCCS2. The lowest BCUT2D eigenvalue weighted by molar-refractivity contribution is 0.367. The smallest absolute Gasteiger partial charge is 0.227 e. The van der Waals surface area contributed by atoms with Crippen molar-refractivity contribution in [3.63, 3.8) is 0 Å². The predicted octanol–water partition coefficient (Wildman–Crippen LogP) is 3.15. The molecule has 0 radical (unpaired) electrons. The fraction of sp³-hybridized carbons (Fsp3) is 0.500. The van der Waals surface area contributed by atoms with E-state index in [0.29, 0.717) is 17.8 Å². The molecule has 1 atom stereocenters. The van der Waals surface area contributed by atoms with E-state index >= 15 is 0 Å². The van der Waals surface area contributed by atoms with E-state index in [9.17, 15) is 0 Å². The Morgan fingerprint density at radius 1 is 1.45 bits per heavy atom. The number of nitrogens with one attached hydrogen (secondary N) is 1. The topological polar surface area (TPSA) is 60.2 Å². The van der Waals surface area contributed by atoms with E-state index in [-0.39, 0.29) is 0 Å². The average Bonchev–Trinajstić information content (AvgIpc) is 2.84. The molecule has 5 nitrogen and oxygen atoms in total. The molecule has 0 fully saturated rings. The third kappa shape index (κ3) is 3.62. The number of fused-ring (bicyclic) bond motifs is 1. The number of methoxy groups -OCH3 is 1. The van der Waals surface area contributed by atoms with Crippen LogP contribution in [0, 0.1) is 6.92 Å². The van der Waals surface area contributed by atoms with E-state index in [1.165, 1.54) is 22.6 Å². The predicted molar refractivity (Wildman–Crippen MR) is 86.4 cm³/mol. The zero-order valence-electron chi connectivity index (χ0n) is 13.0. The number of nitrogens with zero attached hydrogens (tertiary/aromatic N) is 2. The Kier molecular flexibility index (Phi) is 5.00. The maximum Gasteiger partial charge on any atom is 0.227 e. The molecule has 118 valence electrons. The number of aromatic nitrogens is 2. The van der Waals surface area contributed by atoms with Gasteiger partial charge in [-0.1, -0.05) is 5.16 Å². The van der Waals surface area contributed by atoms with E-state index in [1.807, 2.05) is 24.8 Å². The van der Waals surface area contributed by atoms with Gasteiger partial charge >= 0.3 is 0 Å². The molecule has 0 saturated heterocycles. The third-order valence-corrected chi connectivity index (χ3v) is 4.96. The van der Waals surface area contributed by atoms with Crippen LogP contribution in [0.25, 0.3) is 0 Å². The van der Waals surface area contributed by atoms with Gasteiger partial charge in [0.05, 0.1) is 7.11 Å². The zero-order chi connectivity index (χ0) is 15.4. The fourth-order valence-corrected chi connectivity index (χ4v) is 3.75. The number of benzene rings is 1. The highest BCUT2D eigenvalue weighted by Gasteiger charge is 2.19. The Bertz CT molecular complexity index is 630. The van der Waals surface area contributed by atoms with Gasteiger partial charge in [-0.15, -0.1) is 11.8 Å². The van der Waals surface area contributed by atoms with E-state index in [2.05, 4.69) is 27.6 Å². The summed E-state index contributed by atoms with van der Waals surface area (Å²) in [4.78, 5) is 5.59. The highest BCUT2D eigenvalue weighted by Crippen LogP contribution is 2.36. The Morgan fingerprint density at radius 2 is 2.36 bits per heavy atom. The quantitative estimate of drug-likeness (QED) is 0.913. The van der Waals surface area contributed by atoms with Gasteiger partial charge in [-0.05, 0) is 49.3 Å². The monoisotopic (exact) mass is 319 g/mol. The van der Waals surface area contributed by atoms with Crippen LogP contribution in [0.1, 0.15) is 36.2 Å². The van der Waals surface area contributed by atoms with E-state index in [4.69, 9.17) is 9.26 Å². The first-order valence-corrected chi connectivity index (χ1v) is 8.58. The van der Waals surface area contributed by atoms with Crippen molar-refractivity contribution < 1.29 is 9.26 Å². The molecule has 0 spiro atoms. The molecule has 0 aliphatic carbocycles. The minimum atomic E-state index is 0.351. The highest BCUT2D eigenvalue weighted by atomic mass is 32.2.